The van der Waals surface area contributed by atoms with Crippen molar-refractivity contribution in [2.24, 2.45) is 5.73 Å². The fraction of sp³-hybridized carbons (Fsp3) is 0.176. The molecule has 2 aromatic carbocycles. The van der Waals surface area contributed by atoms with Crippen molar-refractivity contribution in [3.63, 3.8) is 0 Å². The summed E-state index contributed by atoms with van der Waals surface area (Å²) in [5.74, 6) is -0.156. The molecule has 2 amide bonds. The zero-order valence-corrected chi connectivity index (χ0v) is 12.5. The zero-order valence-electron chi connectivity index (χ0n) is 12.5. The van der Waals surface area contributed by atoms with Crippen molar-refractivity contribution in [1.29, 1.82) is 0 Å². The third-order valence-corrected chi connectivity index (χ3v) is 3.27. The lowest BCUT2D eigenvalue weighted by Gasteiger charge is -2.22. The standard InChI is InChI=1S/C17H18N2O3/c1-12(17(21)19(2)14-6-4-3-5-7-14)22-15-10-8-13(9-11-15)16(18)20/h3-12H,1-2H3,(H2,18,20)/t12-/m0/s1. The van der Waals surface area contributed by atoms with Gasteiger partial charge in [-0.1, -0.05) is 18.2 Å². The number of ether oxygens (including phenoxy) is 1. The van der Waals surface area contributed by atoms with Crippen LogP contribution in [-0.2, 0) is 4.79 Å². The zero-order chi connectivity index (χ0) is 16.1. The number of hydrogen-bond acceptors (Lipinski definition) is 3. The Kier molecular flexibility index (Phi) is 4.78. The molecule has 0 saturated carbocycles. The largest absolute Gasteiger partial charge is 0.481 e. The van der Waals surface area contributed by atoms with Crippen LogP contribution in [0.15, 0.2) is 54.6 Å². The van der Waals surface area contributed by atoms with E-state index < -0.39 is 12.0 Å². The van der Waals surface area contributed by atoms with Gasteiger partial charge in [-0.25, -0.2) is 0 Å². The molecule has 0 bridgehead atoms. The molecular formula is C17H18N2O3. The smallest absolute Gasteiger partial charge is 0.267 e. The Balaban J connectivity index is 2.03. The number of carbonyl (C=O) groups is 2. The average Bonchev–Trinajstić information content (AvgIpc) is 2.54. The van der Waals surface area contributed by atoms with Crippen molar-refractivity contribution >= 4 is 17.5 Å². The molecule has 114 valence electrons. The summed E-state index contributed by atoms with van der Waals surface area (Å²) >= 11 is 0. The minimum atomic E-state index is -0.648. The second kappa shape index (κ2) is 6.76. The predicted molar refractivity (Wildman–Crippen MR) is 84.9 cm³/mol. The average molecular weight is 298 g/mol. The highest BCUT2D eigenvalue weighted by molar-refractivity contribution is 5.96. The molecule has 0 heterocycles. The van der Waals surface area contributed by atoms with Crippen molar-refractivity contribution in [2.75, 3.05) is 11.9 Å². The Morgan fingerprint density at radius 3 is 2.18 bits per heavy atom. The fourth-order valence-corrected chi connectivity index (χ4v) is 2.00. The number of para-hydroxylation sites is 1. The molecule has 1 atom stereocenters. The molecule has 0 fully saturated rings. The predicted octanol–water partition coefficient (Wildman–Crippen LogP) is 2.22. The van der Waals surface area contributed by atoms with Crippen LogP contribution in [0.3, 0.4) is 0 Å². The number of nitrogens with zero attached hydrogens (tertiary/aromatic N) is 1. The van der Waals surface area contributed by atoms with Crippen LogP contribution in [0.5, 0.6) is 5.75 Å². The lowest BCUT2D eigenvalue weighted by molar-refractivity contribution is -0.124. The first-order chi connectivity index (χ1) is 10.5. The summed E-state index contributed by atoms with van der Waals surface area (Å²) in [5, 5.41) is 0. The van der Waals surface area contributed by atoms with Crippen molar-refractivity contribution in [3.05, 3.63) is 60.2 Å². The topological polar surface area (TPSA) is 72.6 Å². The lowest BCUT2D eigenvalue weighted by Crippen LogP contribution is -2.38. The summed E-state index contributed by atoms with van der Waals surface area (Å²) in [6.45, 7) is 1.68. The van der Waals surface area contributed by atoms with Gasteiger partial charge in [-0.2, -0.15) is 0 Å². The first kappa shape index (κ1) is 15.6. The number of carbonyl (C=O) groups excluding carboxylic acids is 2. The first-order valence-corrected chi connectivity index (χ1v) is 6.88. The SMILES string of the molecule is C[C@H](Oc1ccc(C(N)=O)cc1)C(=O)N(C)c1ccccc1. The molecule has 5 heteroatoms. The van der Waals surface area contributed by atoms with Crippen molar-refractivity contribution in [3.8, 4) is 5.75 Å². The number of anilines is 1. The maximum Gasteiger partial charge on any atom is 0.267 e. The maximum absolute atomic E-state index is 12.3. The van der Waals surface area contributed by atoms with E-state index in [1.54, 1.807) is 43.1 Å². The van der Waals surface area contributed by atoms with Gasteiger partial charge in [-0.3, -0.25) is 9.59 Å². The minimum Gasteiger partial charge on any atom is -0.481 e. The van der Waals surface area contributed by atoms with E-state index in [9.17, 15) is 9.59 Å². The van der Waals surface area contributed by atoms with Crippen molar-refractivity contribution in [1.82, 2.24) is 0 Å². The fourth-order valence-electron chi connectivity index (χ4n) is 2.00. The molecule has 0 radical (unpaired) electrons. The summed E-state index contributed by atoms with van der Waals surface area (Å²) in [5.41, 5.74) is 6.37. The Hall–Kier alpha value is -2.82. The van der Waals surface area contributed by atoms with E-state index in [0.717, 1.165) is 5.69 Å². The first-order valence-electron chi connectivity index (χ1n) is 6.88. The Bertz CT molecular complexity index is 653. The lowest BCUT2D eigenvalue weighted by atomic mass is 10.2. The molecule has 5 nitrogen and oxygen atoms in total. The van der Waals surface area contributed by atoms with Gasteiger partial charge in [0.15, 0.2) is 6.10 Å². The molecule has 0 aliphatic heterocycles. The molecular weight excluding hydrogens is 280 g/mol. The summed E-state index contributed by atoms with van der Waals surface area (Å²) in [6, 6.07) is 15.7. The third kappa shape index (κ3) is 3.63. The van der Waals surface area contributed by atoms with Gasteiger partial charge in [0.2, 0.25) is 5.91 Å². The molecule has 2 N–H and O–H groups in total. The highest BCUT2D eigenvalue weighted by Gasteiger charge is 2.20. The number of amides is 2. The minimum absolute atomic E-state index is 0.162. The van der Waals surface area contributed by atoms with Crippen molar-refractivity contribution < 1.29 is 14.3 Å². The highest BCUT2D eigenvalue weighted by atomic mass is 16.5. The van der Waals surface area contributed by atoms with Gasteiger partial charge < -0.3 is 15.4 Å². The number of hydrogen-bond donors (Lipinski definition) is 1. The monoisotopic (exact) mass is 298 g/mol. The van der Waals surface area contributed by atoms with E-state index in [4.69, 9.17) is 10.5 Å². The van der Waals surface area contributed by atoms with Crippen LogP contribution in [0.4, 0.5) is 5.69 Å². The quantitative estimate of drug-likeness (QED) is 0.920. The number of benzene rings is 2. The molecule has 2 aromatic rings. The molecule has 0 saturated heterocycles. The number of primary amides is 1. The second-order valence-corrected chi connectivity index (χ2v) is 4.88. The molecule has 2 rings (SSSR count). The summed E-state index contributed by atoms with van der Waals surface area (Å²) in [6.07, 6.45) is -0.648. The second-order valence-electron chi connectivity index (χ2n) is 4.88. The van der Waals surface area contributed by atoms with Gasteiger partial charge in [0.25, 0.3) is 5.91 Å². The number of rotatable bonds is 5. The Morgan fingerprint density at radius 1 is 1.05 bits per heavy atom. The van der Waals surface area contributed by atoms with Crippen LogP contribution >= 0.6 is 0 Å². The highest BCUT2D eigenvalue weighted by Crippen LogP contribution is 2.17. The van der Waals surface area contributed by atoms with E-state index in [-0.39, 0.29) is 5.91 Å². The number of nitrogens with two attached hydrogens (primary N) is 1. The van der Waals surface area contributed by atoms with Crippen LogP contribution in [0.1, 0.15) is 17.3 Å². The normalized spacial score (nSPS) is 11.5. The molecule has 0 aromatic heterocycles. The molecule has 0 aliphatic rings. The van der Waals surface area contributed by atoms with Gasteiger partial charge in [0.1, 0.15) is 5.75 Å². The summed E-state index contributed by atoms with van der Waals surface area (Å²) in [4.78, 5) is 24.9. The van der Waals surface area contributed by atoms with Gasteiger partial charge in [0, 0.05) is 18.3 Å². The van der Waals surface area contributed by atoms with E-state index in [2.05, 4.69) is 0 Å². The van der Waals surface area contributed by atoms with Crippen LogP contribution in [0.25, 0.3) is 0 Å². The van der Waals surface area contributed by atoms with Crippen LogP contribution in [-0.4, -0.2) is 25.0 Å². The molecule has 0 spiro atoms. The van der Waals surface area contributed by atoms with Crippen LogP contribution in [0.2, 0.25) is 0 Å². The van der Waals surface area contributed by atoms with E-state index >= 15 is 0 Å². The van der Waals surface area contributed by atoms with Crippen LogP contribution in [0, 0.1) is 0 Å². The Labute approximate surface area is 129 Å². The van der Waals surface area contributed by atoms with E-state index in [1.165, 1.54) is 0 Å². The van der Waals surface area contributed by atoms with Gasteiger partial charge >= 0.3 is 0 Å². The third-order valence-electron chi connectivity index (χ3n) is 3.27. The molecule has 0 aliphatic carbocycles. The summed E-state index contributed by atoms with van der Waals surface area (Å²) in [7, 11) is 1.70. The van der Waals surface area contributed by atoms with E-state index in [0.29, 0.717) is 11.3 Å². The van der Waals surface area contributed by atoms with Gasteiger partial charge in [-0.05, 0) is 43.3 Å². The van der Waals surface area contributed by atoms with Gasteiger partial charge in [0.05, 0.1) is 0 Å². The van der Waals surface area contributed by atoms with E-state index in [1.807, 2.05) is 30.3 Å². The molecule has 22 heavy (non-hydrogen) atoms. The van der Waals surface area contributed by atoms with Crippen LogP contribution < -0.4 is 15.4 Å². The number of likely N-dealkylation sites (N-methyl/N-ethyl adjacent to an activating group) is 1. The van der Waals surface area contributed by atoms with Crippen molar-refractivity contribution in [2.45, 2.75) is 13.0 Å². The maximum atomic E-state index is 12.3. The summed E-state index contributed by atoms with van der Waals surface area (Å²) < 4.78 is 5.61. The van der Waals surface area contributed by atoms with Gasteiger partial charge in [-0.15, -0.1) is 0 Å². The molecule has 0 unspecified atom stereocenters. The Morgan fingerprint density at radius 2 is 1.64 bits per heavy atom.